The van der Waals surface area contributed by atoms with Crippen molar-refractivity contribution in [3.63, 3.8) is 0 Å². The molecule has 3 heterocycles. The number of aromatic nitrogens is 3. The number of carboxylic acids is 1. The maximum absolute atomic E-state index is 14.5. The molecule has 5 N–H and O–H groups in total. The number of fused-ring (bicyclic) bond motifs is 2. The van der Waals surface area contributed by atoms with Gasteiger partial charge in [0.05, 0.1) is 5.69 Å². The number of carboxylic acid groups (broad SMARTS) is 1. The van der Waals surface area contributed by atoms with Crippen LogP contribution in [0.4, 0.5) is 4.39 Å². The minimum Gasteiger partial charge on any atom is -0.477 e. The van der Waals surface area contributed by atoms with Crippen LogP contribution in [0.3, 0.4) is 0 Å². The predicted molar refractivity (Wildman–Crippen MR) is 133 cm³/mol. The van der Waals surface area contributed by atoms with Crippen LogP contribution in [0.25, 0.3) is 44.2 Å². The third-order valence-corrected chi connectivity index (χ3v) is 6.77. The number of hydrogen-bond acceptors (Lipinski definition) is 3. The average Bonchev–Trinajstić information content (AvgIpc) is 3.48. The van der Waals surface area contributed by atoms with Crippen molar-refractivity contribution in [3.05, 3.63) is 71.9 Å². The standard InChI is InChI=1S/C25H23FN4O4S/c1-13(2)21-22(17-4-3-5-20-16(17)7-9-30(20)12-35(27,33)34)24(25(31)32)29-23(21)18-10-14(26)11-19-15(18)6-8-28-19/h3-11,13,28-29H,12H2,1-2H3,(H,31,32)(H2,27,33,34). The van der Waals surface area contributed by atoms with E-state index in [9.17, 15) is 22.7 Å². The van der Waals surface area contributed by atoms with Gasteiger partial charge in [-0.2, -0.15) is 0 Å². The smallest absolute Gasteiger partial charge is 0.352 e. The Kier molecular flexibility index (Phi) is 5.30. The molecule has 0 spiro atoms. The maximum atomic E-state index is 14.5. The van der Waals surface area contributed by atoms with Crippen molar-refractivity contribution < 1.29 is 22.7 Å². The molecule has 35 heavy (non-hydrogen) atoms. The van der Waals surface area contributed by atoms with E-state index >= 15 is 0 Å². The van der Waals surface area contributed by atoms with Gasteiger partial charge >= 0.3 is 5.97 Å². The van der Waals surface area contributed by atoms with Gasteiger partial charge in [-0.1, -0.05) is 26.0 Å². The van der Waals surface area contributed by atoms with Crippen molar-refractivity contribution in [3.8, 4) is 22.4 Å². The highest BCUT2D eigenvalue weighted by atomic mass is 32.2. The Morgan fingerprint density at radius 1 is 1.14 bits per heavy atom. The van der Waals surface area contributed by atoms with Gasteiger partial charge in [0.25, 0.3) is 0 Å². The molecule has 0 aliphatic carbocycles. The highest BCUT2D eigenvalue weighted by molar-refractivity contribution is 7.88. The van der Waals surface area contributed by atoms with Gasteiger partial charge < -0.3 is 19.6 Å². The summed E-state index contributed by atoms with van der Waals surface area (Å²) >= 11 is 0. The third-order valence-electron chi connectivity index (χ3n) is 6.13. The molecule has 0 amide bonds. The van der Waals surface area contributed by atoms with Gasteiger partial charge in [0.15, 0.2) is 0 Å². The van der Waals surface area contributed by atoms with Crippen LogP contribution in [0.1, 0.15) is 35.8 Å². The first-order valence-corrected chi connectivity index (χ1v) is 12.6. The van der Waals surface area contributed by atoms with Gasteiger partial charge in [0.2, 0.25) is 10.0 Å². The molecule has 0 fully saturated rings. The Bertz CT molecular complexity index is 1730. The van der Waals surface area contributed by atoms with Crippen molar-refractivity contribution in [2.24, 2.45) is 5.14 Å². The molecule has 0 radical (unpaired) electrons. The van der Waals surface area contributed by atoms with Gasteiger partial charge in [-0.15, -0.1) is 0 Å². The van der Waals surface area contributed by atoms with Crippen LogP contribution < -0.4 is 5.14 Å². The van der Waals surface area contributed by atoms with Crippen LogP contribution in [-0.4, -0.2) is 34.0 Å². The van der Waals surface area contributed by atoms with Crippen LogP contribution in [0.5, 0.6) is 0 Å². The number of benzene rings is 2. The van der Waals surface area contributed by atoms with Crippen LogP contribution in [0, 0.1) is 5.82 Å². The van der Waals surface area contributed by atoms with Crippen molar-refractivity contribution in [2.75, 3.05) is 0 Å². The molecule has 0 saturated carbocycles. The Balaban J connectivity index is 1.84. The summed E-state index contributed by atoms with van der Waals surface area (Å²) in [5.74, 6) is -2.13. The van der Waals surface area contributed by atoms with Gasteiger partial charge in [-0.05, 0) is 47.4 Å². The van der Waals surface area contributed by atoms with E-state index in [1.54, 1.807) is 36.7 Å². The molecular weight excluding hydrogens is 471 g/mol. The highest BCUT2D eigenvalue weighted by Crippen LogP contribution is 2.44. The van der Waals surface area contributed by atoms with Gasteiger partial charge in [-0.3, -0.25) is 0 Å². The number of halogens is 1. The molecule has 0 aliphatic rings. The summed E-state index contributed by atoms with van der Waals surface area (Å²) in [5, 5.41) is 16.8. The van der Waals surface area contributed by atoms with E-state index in [0.717, 1.165) is 10.9 Å². The number of nitrogens with zero attached hydrogens (tertiary/aromatic N) is 1. The minimum atomic E-state index is -3.79. The highest BCUT2D eigenvalue weighted by Gasteiger charge is 2.28. The number of primary sulfonamides is 1. The number of H-pyrrole nitrogens is 2. The number of aromatic amines is 2. The molecule has 0 atom stereocenters. The number of carbonyl (C=O) groups is 1. The van der Waals surface area contributed by atoms with Crippen molar-refractivity contribution in [2.45, 2.75) is 25.6 Å². The molecule has 2 aromatic carbocycles. The second-order valence-electron chi connectivity index (χ2n) is 8.83. The Hall–Kier alpha value is -3.89. The molecule has 5 aromatic rings. The number of hydrogen-bond donors (Lipinski definition) is 4. The fourth-order valence-electron chi connectivity index (χ4n) is 4.83. The zero-order valence-electron chi connectivity index (χ0n) is 19.0. The number of rotatable bonds is 6. The van der Waals surface area contributed by atoms with Gasteiger partial charge in [0, 0.05) is 45.3 Å². The van der Waals surface area contributed by atoms with E-state index in [0.29, 0.717) is 38.8 Å². The van der Waals surface area contributed by atoms with E-state index in [1.165, 1.54) is 16.7 Å². The minimum absolute atomic E-state index is 0.0247. The van der Waals surface area contributed by atoms with Crippen LogP contribution in [-0.2, 0) is 15.9 Å². The number of aromatic carboxylic acids is 1. The maximum Gasteiger partial charge on any atom is 0.352 e. The molecule has 10 heteroatoms. The summed E-state index contributed by atoms with van der Waals surface area (Å²) in [7, 11) is -3.79. The lowest BCUT2D eigenvalue weighted by Crippen LogP contribution is -2.18. The number of sulfonamides is 1. The number of nitrogens with one attached hydrogen (secondary N) is 2. The first kappa shape index (κ1) is 22.9. The molecule has 0 aliphatic heterocycles. The van der Waals surface area contributed by atoms with E-state index in [4.69, 9.17) is 5.14 Å². The summed E-state index contributed by atoms with van der Waals surface area (Å²) < 4.78 is 39.4. The Morgan fingerprint density at radius 2 is 1.91 bits per heavy atom. The quantitative estimate of drug-likeness (QED) is 0.264. The van der Waals surface area contributed by atoms with E-state index in [2.05, 4.69) is 9.97 Å². The molecule has 0 bridgehead atoms. The summed E-state index contributed by atoms with van der Waals surface area (Å²) in [6, 6.07) is 11.6. The topological polar surface area (TPSA) is 134 Å². The fraction of sp³-hybridized carbons (Fsp3) is 0.160. The van der Waals surface area contributed by atoms with Gasteiger partial charge in [0.1, 0.15) is 17.4 Å². The molecule has 3 aromatic heterocycles. The van der Waals surface area contributed by atoms with Crippen molar-refractivity contribution in [1.29, 1.82) is 0 Å². The normalized spacial score (nSPS) is 12.3. The average molecular weight is 495 g/mol. The fourth-order valence-corrected chi connectivity index (χ4v) is 5.44. The van der Waals surface area contributed by atoms with E-state index < -0.39 is 27.7 Å². The number of nitrogens with two attached hydrogens (primary N) is 1. The molecular formula is C25H23FN4O4S. The Morgan fingerprint density at radius 3 is 2.60 bits per heavy atom. The Labute approximate surface area is 200 Å². The van der Waals surface area contributed by atoms with Gasteiger partial charge in [-0.25, -0.2) is 22.7 Å². The van der Waals surface area contributed by atoms with Crippen molar-refractivity contribution in [1.82, 2.24) is 14.5 Å². The largest absolute Gasteiger partial charge is 0.477 e. The molecule has 8 nitrogen and oxygen atoms in total. The van der Waals surface area contributed by atoms with E-state index in [1.807, 2.05) is 19.9 Å². The first-order valence-electron chi connectivity index (χ1n) is 10.9. The summed E-state index contributed by atoms with van der Waals surface area (Å²) in [5.41, 5.74) is 4.09. The lowest BCUT2D eigenvalue weighted by Gasteiger charge is -2.14. The predicted octanol–water partition coefficient (Wildman–Crippen LogP) is 4.99. The van der Waals surface area contributed by atoms with Crippen LogP contribution in [0.15, 0.2) is 54.9 Å². The van der Waals surface area contributed by atoms with Crippen LogP contribution in [0.2, 0.25) is 0 Å². The molecule has 0 saturated heterocycles. The monoisotopic (exact) mass is 494 g/mol. The van der Waals surface area contributed by atoms with Crippen molar-refractivity contribution >= 4 is 37.8 Å². The summed E-state index contributed by atoms with van der Waals surface area (Å²) in [6.07, 6.45) is 3.32. The zero-order valence-corrected chi connectivity index (χ0v) is 19.8. The first-order chi connectivity index (χ1) is 16.5. The summed E-state index contributed by atoms with van der Waals surface area (Å²) in [6.45, 7) is 3.89. The second-order valence-corrected chi connectivity index (χ2v) is 10.4. The van der Waals surface area contributed by atoms with Crippen LogP contribution >= 0.6 is 0 Å². The second kappa shape index (κ2) is 8.10. The summed E-state index contributed by atoms with van der Waals surface area (Å²) in [4.78, 5) is 18.5. The molecule has 180 valence electrons. The zero-order chi connectivity index (χ0) is 25.1. The lowest BCUT2D eigenvalue weighted by molar-refractivity contribution is 0.0692. The lowest BCUT2D eigenvalue weighted by atomic mass is 9.89. The van der Waals surface area contributed by atoms with E-state index in [-0.39, 0.29) is 11.6 Å². The molecule has 5 rings (SSSR count). The molecule has 0 unspecified atom stereocenters. The third kappa shape index (κ3) is 3.90. The SMILES string of the molecule is CC(C)c1c(-c2cc(F)cc3[nH]ccc23)[nH]c(C(=O)O)c1-c1cccc2c1ccn2CS(N)(=O)=O.